The van der Waals surface area contributed by atoms with Crippen molar-refractivity contribution >= 4 is 0 Å². The second kappa shape index (κ2) is 4.33. The van der Waals surface area contributed by atoms with Gasteiger partial charge in [-0.1, -0.05) is 32.1 Å². The molecule has 0 aliphatic heterocycles. The molecule has 0 amide bonds. The van der Waals surface area contributed by atoms with Crippen LogP contribution in [0.15, 0.2) is 0 Å². The lowest BCUT2D eigenvalue weighted by molar-refractivity contribution is 0.357. The van der Waals surface area contributed by atoms with Crippen molar-refractivity contribution in [3.05, 3.63) is 6.42 Å². The molecule has 55 valence electrons. The normalized spacial score (nSPS) is 20.3. The molecule has 1 heteroatoms. The molecule has 0 aromatic rings. The van der Waals surface area contributed by atoms with Crippen LogP contribution in [-0.2, 0) is 0 Å². The monoisotopic (exact) mass is 136 g/mol. The van der Waals surface area contributed by atoms with Crippen molar-refractivity contribution in [2.75, 3.05) is 0 Å². The topological polar surface area (TPSA) is 23.8 Å². The highest BCUT2D eigenvalue weighted by molar-refractivity contribution is 4.92. The highest BCUT2D eigenvalue weighted by Crippen LogP contribution is 2.26. The van der Waals surface area contributed by atoms with Crippen LogP contribution in [0.5, 0.6) is 0 Å². The first-order valence-corrected chi connectivity index (χ1v) is 4.15. The Morgan fingerprint density at radius 3 is 2.60 bits per heavy atom. The molecule has 0 spiro atoms. The molecule has 0 unspecified atom stereocenters. The molecular formula is C9H14N. The van der Waals surface area contributed by atoms with E-state index >= 15 is 0 Å². The van der Waals surface area contributed by atoms with Gasteiger partial charge in [0.1, 0.15) is 0 Å². The molecule has 1 rings (SSSR count). The quantitative estimate of drug-likeness (QED) is 0.572. The number of hydrogen-bond donors (Lipinski definition) is 0. The minimum absolute atomic E-state index is 0.827. The summed E-state index contributed by atoms with van der Waals surface area (Å²) in [6, 6.07) is 2.09. The summed E-state index contributed by atoms with van der Waals surface area (Å²) in [4.78, 5) is 0. The van der Waals surface area contributed by atoms with Gasteiger partial charge >= 0.3 is 0 Å². The van der Waals surface area contributed by atoms with Gasteiger partial charge in [0.2, 0.25) is 0 Å². The molecule has 1 aliphatic carbocycles. The third-order valence-electron chi connectivity index (χ3n) is 2.27. The van der Waals surface area contributed by atoms with E-state index in [1.807, 2.05) is 0 Å². The van der Waals surface area contributed by atoms with Crippen LogP contribution in [0.25, 0.3) is 0 Å². The van der Waals surface area contributed by atoms with Crippen LogP contribution in [0.2, 0.25) is 0 Å². The second-order valence-corrected chi connectivity index (χ2v) is 3.07. The van der Waals surface area contributed by atoms with Crippen molar-refractivity contribution in [2.45, 2.75) is 38.5 Å². The van der Waals surface area contributed by atoms with E-state index in [0.717, 1.165) is 12.3 Å². The number of hydrogen-bond acceptors (Lipinski definition) is 1. The summed E-state index contributed by atoms with van der Waals surface area (Å²) in [7, 11) is 0. The molecule has 1 aliphatic rings. The Labute approximate surface area is 63.0 Å². The molecule has 0 saturated heterocycles. The summed E-state index contributed by atoms with van der Waals surface area (Å²) in [5.74, 6) is 0.827. The number of nitriles is 1. The number of nitrogens with zero attached hydrogens (tertiary/aromatic N) is 1. The zero-order valence-electron chi connectivity index (χ0n) is 6.34. The molecule has 1 nitrogen and oxygen atoms in total. The lowest BCUT2D eigenvalue weighted by Crippen LogP contribution is -2.05. The van der Waals surface area contributed by atoms with Gasteiger partial charge in [0.25, 0.3) is 0 Å². The van der Waals surface area contributed by atoms with E-state index in [-0.39, 0.29) is 0 Å². The Morgan fingerprint density at radius 1 is 1.30 bits per heavy atom. The summed E-state index contributed by atoms with van der Waals surface area (Å²) >= 11 is 0. The van der Waals surface area contributed by atoms with Gasteiger partial charge in [-0.05, 0) is 12.3 Å². The van der Waals surface area contributed by atoms with E-state index in [9.17, 15) is 0 Å². The maximum Gasteiger partial charge on any atom is 0.0669 e. The first kappa shape index (κ1) is 7.60. The van der Waals surface area contributed by atoms with Crippen molar-refractivity contribution in [1.29, 1.82) is 5.26 Å². The van der Waals surface area contributed by atoms with Crippen LogP contribution in [-0.4, -0.2) is 0 Å². The first-order valence-electron chi connectivity index (χ1n) is 4.15. The Hall–Kier alpha value is -0.510. The highest BCUT2D eigenvalue weighted by Gasteiger charge is 2.12. The fraction of sp³-hybridized carbons (Fsp3) is 0.778. The Balaban J connectivity index is 2.09. The van der Waals surface area contributed by atoms with Gasteiger partial charge < -0.3 is 0 Å². The van der Waals surface area contributed by atoms with Crippen LogP contribution in [0.3, 0.4) is 0 Å². The smallest absolute Gasteiger partial charge is 0.0669 e. The van der Waals surface area contributed by atoms with Crippen molar-refractivity contribution in [3.8, 4) is 6.07 Å². The van der Waals surface area contributed by atoms with Gasteiger partial charge in [0, 0.05) is 0 Å². The van der Waals surface area contributed by atoms with E-state index in [2.05, 4.69) is 6.07 Å². The van der Waals surface area contributed by atoms with Crippen LogP contribution in [0, 0.1) is 23.7 Å². The summed E-state index contributed by atoms with van der Waals surface area (Å²) in [5, 5.41) is 8.29. The van der Waals surface area contributed by atoms with Crippen molar-refractivity contribution in [1.82, 2.24) is 0 Å². The molecule has 0 heterocycles. The fourth-order valence-corrected chi connectivity index (χ4v) is 1.64. The van der Waals surface area contributed by atoms with Crippen LogP contribution >= 0.6 is 0 Å². The summed E-state index contributed by atoms with van der Waals surface area (Å²) in [5.41, 5.74) is 0. The maximum atomic E-state index is 8.29. The largest absolute Gasteiger partial charge is 0.198 e. The molecule has 0 N–H and O–H groups in total. The van der Waals surface area contributed by atoms with E-state index < -0.39 is 0 Å². The standard InChI is InChI=1S/C9H14N/c10-8-4-7-9-5-2-1-3-6-9/h4,9H,1-3,5-7H2. The van der Waals surface area contributed by atoms with Crippen LogP contribution in [0.1, 0.15) is 38.5 Å². The maximum absolute atomic E-state index is 8.29. The molecule has 1 fully saturated rings. The summed E-state index contributed by atoms with van der Waals surface area (Å²) in [6.45, 7) is 0. The third-order valence-corrected chi connectivity index (χ3v) is 2.27. The average Bonchev–Trinajstić information content (AvgIpc) is 2.03. The molecule has 0 aromatic heterocycles. The molecule has 0 atom stereocenters. The SMILES string of the molecule is N#C[CH]CC1CCCCC1. The average molecular weight is 136 g/mol. The Bertz CT molecular complexity index is 117. The zero-order chi connectivity index (χ0) is 7.23. The van der Waals surface area contributed by atoms with Crippen LogP contribution in [0.4, 0.5) is 0 Å². The van der Waals surface area contributed by atoms with Gasteiger partial charge in [-0.15, -0.1) is 0 Å². The lowest BCUT2D eigenvalue weighted by atomic mass is 9.86. The van der Waals surface area contributed by atoms with Crippen molar-refractivity contribution < 1.29 is 0 Å². The predicted octanol–water partition coefficient (Wildman–Crippen LogP) is 2.68. The lowest BCUT2D eigenvalue weighted by Gasteiger charge is -2.19. The van der Waals surface area contributed by atoms with Crippen molar-refractivity contribution in [2.24, 2.45) is 5.92 Å². The van der Waals surface area contributed by atoms with E-state index in [0.29, 0.717) is 0 Å². The zero-order valence-corrected chi connectivity index (χ0v) is 6.34. The molecule has 1 saturated carbocycles. The van der Waals surface area contributed by atoms with Gasteiger partial charge in [0.15, 0.2) is 0 Å². The van der Waals surface area contributed by atoms with E-state index in [4.69, 9.17) is 5.26 Å². The summed E-state index contributed by atoms with van der Waals surface area (Å²) in [6.07, 6.45) is 9.62. The highest BCUT2D eigenvalue weighted by atomic mass is 14.2. The molecule has 0 aromatic carbocycles. The van der Waals surface area contributed by atoms with Gasteiger partial charge in [-0.25, -0.2) is 0 Å². The summed E-state index contributed by atoms with van der Waals surface area (Å²) < 4.78 is 0. The fourth-order valence-electron chi connectivity index (χ4n) is 1.64. The van der Waals surface area contributed by atoms with Gasteiger partial charge in [-0.2, -0.15) is 5.26 Å². The van der Waals surface area contributed by atoms with E-state index in [1.54, 1.807) is 6.42 Å². The first-order chi connectivity index (χ1) is 4.93. The second-order valence-electron chi connectivity index (χ2n) is 3.07. The Kier molecular flexibility index (Phi) is 3.29. The molecule has 1 radical (unpaired) electrons. The van der Waals surface area contributed by atoms with Gasteiger partial charge in [0.05, 0.1) is 12.5 Å². The Morgan fingerprint density at radius 2 is 2.00 bits per heavy atom. The minimum Gasteiger partial charge on any atom is -0.198 e. The third kappa shape index (κ3) is 2.39. The van der Waals surface area contributed by atoms with E-state index in [1.165, 1.54) is 32.1 Å². The van der Waals surface area contributed by atoms with Crippen molar-refractivity contribution in [3.63, 3.8) is 0 Å². The molecular weight excluding hydrogens is 122 g/mol. The van der Waals surface area contributed by atoms with Gasteiger partial charge in [-0.3, -0.25) is 0 Å². The molecule has 0 bridgehead atoms. The minimum atomic E-state index is 0.827. The number of rotatable bonds is 2. The molecule has 10 heavy (non-hydrogen) atoms. The predicted molar refractivity (Wildman–Crippen MR) is 41.1 cm³/mol. The van der Waals surface area contributed by atoms with Crippen LogP contribution < -0.4 is 0 Å².